The third-order valence-electron chi connectivity index (χ3n) is 2.36. The first-order valence-corrected chi connectivity index (χ1v) is 5.34. The van der Waals surface area contributed by atoms with Crippen molar-refractivity contribution in [1.82, 2.24) is 15.1 Å². The lowest BCUT2D eigenvalue weighted by atomic mass is 10.3. The van der Waals surface area contributed by atoms with Gasteiger partial charge >= 0.3 is 0 Å². The summed E-state index contributed by atoms with van der Waals surface area (Å²) in [5.74, 6) is 0. The summed E-state index contributed by atoms with van der Waals surface area (Å²) in [6, 6.07) is 0. The molecule has 0 spiro atoms. The average molecular weight is 201 g/mol. The molecule has 0 unspecified atom stereocenters. The minimum Gasteiger partial charge on any atom is -0.343 e. The van der Waals surface area contributed by atoms with Gasteiger partial charge in [-0.3, -0.25) is 4.79 Å². The molecule has 4 heteroatoms. The second kappa shape index (κ2) is 8.97. The van der Waals surface area contributed by atoms with Crippen LogP contribution in [0.2, 0.25) is 0 Å². The Hall–Kier alpha value is -0.610. The third-order valence-corrected chi connectivity index (χ3v) is 2.36. The standard InChI is InChI=1S/C7H14N2O.C3H9N/c1-2-8-3-5-9(7-10)6-4-8;1-3-4-2/h7H,2-6H2,1H3;4H,3H2,1-2H3. The highest BCUT2D eigenvalue weighted by atomic mass is 16.1. The number of hydrogen-bond acceptors (Lipinski definition) is 3. The first kappa shape index (κ1) is 13.4. The van der Waals surface area contributed by atoms with E-state index >= 15 is 0 Å². The van der Waals surface area contributed by atoms with Crippen molar-refractivity contribution < 1.29 is 4.79 Å². The van der Waals surface area contributed by atoms with Gasteiger partial charge in [0.2, 0.25) is 6.41 Å². The molecule has 4 nitrogen and oxygen atoms in total. The number of hydrogen-bond donors (Lipinski definition) is 1. The monoisotopic (exact) mass is 201 g/mol. The number of rotatable bonds is 3. The lowest BCUT2D eigenvalue weighted by Gasteiger charge is -2.31. The fourth-order valence-corrected chi connectivity index (χ4v) is 1.18. The normalized spacial score (nSPS) is 17.2. The lowest BCUT2D eigenvalue weighted by Crippen LogP contribution is -2.45. The second-order valence-electron chi connectivity index (χ2n) is 3.28. The van der Waals surface area contributed by atoms with E-state index in [2.05, 4.69) is 24.1 Å². The molecule has 0 aromatic carbocycles. The maximum atomic E-state index is 10.3. The maximum Gasteiger partial charge on any atom is 0.209 e. The quantitative estimate of drug-likeness (QED) is 0.653. The molecule has 1 heterocycles. The zero-order valence-electron chi connectivity index (χ0n) is 9.62. The summed E-state index contributed by atoms with van der Waals surface area (Å²) in [7, 11) is 1.93. The molecule has 0 bridgehead atoms. The summed E-state index contributed by atoms with van der Waals surface area (Å²) in [5, 5.41) is 2.93. The molecule has 1 fully saturated rings. The Balaban J connectivity index is 0.000000364. The van der Waals surface area contributed by atoms with Crippen molar-refractivity contribution in [2.75, 3.05) is 46.3 Å². The van der Waals surface area contributed by atoms with Crippen LogP contribution in [0.1, 0.15) is 13.8 Å². The van der Waals surface area contributed by atoms with E-state index < -0.39 is 0 Å². The second-order valence-corrected chi connectivity index (χ2v) is 3.28. The molecule has 0 aliphatic carbocycles. The van der Waals surface area contributed by atoms with Crippen LogP contribution in [0.3, 0.4) is 0 Å². The fourth-order valence-electron chi connectivity index (χ4n) is 1.18. The topological polar surface area (TPSA) is 35.6 Å². The van der Waals surface area contributed by atoms with E-state index in [1.54, 1.807) is 0 Å². The molecule has 1 aliphatic rings. The Bertz CT molecular complexity index is 131. The highest BCUT2D eigenvalue weighted by Crippen LogP contribution is 1.97. The van der Waals surface area contributed by atoms with Crippen LogP contribution >= 0.6 is 0 Å². The van der Waals surface area contributed by atoms with E-state index in [0.717, 1.165) is 45.7 Å². The molecule has 0 aromatic rings. The smallest absolute Gasteiger partial charge is 0.209 e. The van der Waals surface area contributed by atoms with E-state index in [4.69, 9.17) is 0 Å². The van der Waals surface area contributed by atoms with Gasteiger partial charge in [0.1, 0.15) is 0 Å². The number of likely N-dealkylation sites (N-methyl/N-ethyl adjacent to an activating group) is 1. The Labute approximate surface area is 87.3 Å². The third kappa shape index (κ3) is 5.94. The van der Waals surface area contributed by atoms with Crippen LogP contribution in [0.15, 0.2) is 0 Å². The van der Waals surface area contributed by atoms with Crippen molar-refractivity contribution in [1.29, 1.82) is 0 Å². The summed E-state index contributed by atoms with van der Waals surface area (Å²) < 4.78 is 0. The number of nitrogens with zero attached hydrogens (tertiary/aromatic N) is 2. The van der Waals surface area contributed by atoms with Crippen LogP contribution < -0.4 is 5.32 Å². The summed E-state index contributed by atoms with van der Waals surface area (Å²) in [5.41, 5.74) is 0. The molecular formula is C10H23N3O. The van der Waals surface area contributed by atoms with Gasteiger partial charge in [-0.2, -0.15) is 0 Å². The molecule has 84 valence electrons. The zero-order chi connectivity index (χ0) is 10.8. The lowest BCUT2D eigenvalue weighted by molar-refractivity contribution is -0.119. The molecule has 0 aromatic heterocycles. The highest BCUT2D eigenvalue weighted by molar-refractivity contribution is 5.47. The van der Waals surface area contributed by atoms with E-state index in [9.17, 15) is 4.79 Å². The zero-order valence-corrected chi connectivity index (χ0v) is 9.62. The van der Waals surface area contributed by atoms with Crippen molar-refractivity contribution in [2.24, 2.45) is 0 Å². The number of carbonyl (C=O) groups excluding carboxylic acids is 1. The first-order valence-electron chi connectivity index (χ1n) is 5.34. The summed E-state index contributed by atoms with van der Waals surface area (Å²) in [4.78, 5) is 14.4. The molecule has 1 saturated heterocycles. The number of nitrogens with one attached hydrogen (secondary N) is 1. The molecule has 0 saturated carbocycles. The molecule has 0 atom stereocenters. The highest BCUT2D eigenvalue weighted by Gasteiger charge is 2.12. The minimum absolute atomic E-state index is 0.900. The fraction of sp³-hybridized carbons (Fsp3) is 0.900. The molecule has 1 rings (SSSR count). The Morgan fingerprint density at radius 3 is 2.00 bits per heavy atom. The number of carbonyl (C=O) groups is 1. The van der Waals surface area contributed by atoms with Crippen LogP contribution in [-0.2, 0) is 4.79 Å². The predicted molar refractivity (Wildman–Crippen MR) is 59.4 cm³/mol. The van der Waals surface area contributed by atoms with Crippen LogP contribution in [0, 0.1) is 0 Å². The Morgan fingerprint density at radius 2 is 1.71 bits per heavy atom. The van der Waals surface area contributed by atoms with Gasteiger partial charge in [-0.15, -0.1) is 0 Å². The van der Waals surface area contributed by atoms with Crippen LogP contribution in [0.25, 0.3) is 0 Å². The number of piperazine rings is 1. The molecule has 1 aliphatic heterocycles. The summed E-state index contributed by atoms with van der Waals surface area (Å²) in [6.45, 7) is 10.3. The van der Waals surface area contributed by atoms with Crippen molar-refractivity contribution in [2.45, 2.75) is 13.8 Å². The molecule has 0 radical (unpaired) electrons. The van der Waals surface area contributed by atoms with Crippen LogP contribution in [0.4, 0.5) is 0 Å². The van der Waals surface area contributed by atoms with E-state index in [1.165, 1.54) is 0 Å². The average Bonchev–Trinajstić information content (AvgIpc) is 2.29. The predicted octanol–water partition coefficient (Wildman–Crippen LogP) is 0.00600. The van der Waals surface area contributed by atoms with Crippen molar-refractivity contribution >= 4 is 6.41 Å². The SMILES string of the molecule is CCN1CCN(C=O)CC1.CCNC. The van der Waals surface area contributed by atoms with Gasteiger partial charge in [0.05, 0.1) is 0 Å². The van der Waals surface area contributed by atoms with Crippen molar-refractivity contribution in [3.8, 4) is 0 Å². The summed E-state index contributed by atoms with van der Waals surface area (Å²) >= 11 is 0. The molecule has 1 amide bonds. The first-order chi connectivity index (χ1) is 6.78. The van der Waals surface area contributed by atoms with E-state index in [-0.39, 0.29) is 0 Å². The Kier molecular flexibility index (Phi) is 8.57. The van der Waals surface area contributed by atoms with E-state index in [0.29, 0.717) is 0 Å². The van der Waals surface area contributed by atoms with Gasteiger partial charge in [-0.25, -0.2) is 0 Å². The summed E-state index contributed by atoms with van der Waals surface area (Å²) in [6.07, 6.45) is 0.938. The van der Waals surface area contributed by atoms with Gasteiger partial charge in [-0.1, -0.05) is 13.8 Å². The van der Waals surface area contributed by atoms with Crippen molar-refractivity contribution in [3.05, 3.63) is 0 Å². The number of amides is 1. The van der Waals surface area contributed by atoms with Gasteiger partial charge in [0, 0.05) is 26.2 Å². The van der Waals surface area contributed by atoms with Gasteiger partial charge in [-0.05, 0) is 20.1 Å². The molecule has 1 N–H and O–H groups in total. The maximum absolute atomic E-state index is 10.3. The van der Waals surface area contributed by atoms with Gasteiger partial charge < -0.3 is 15.1 Å². The largest absolute Gasteiger partial charge is 0.343 e. The molecule has 14 heavy (non-hydrogen) atoms. The van der Waals surface area contributed by atoms with E-state index in [1.807, 2.05) is 11.9 Å². The Morgan fingerprint density at radius 1 is 1.21 bits per heavy atom. The minimum atomic E-state index is 0.900. The van der Waals surface area contributed by atoms with Crippen molar-refractivity contribution in [3.63, 3.8) is 0 Å². The van der Waals surface area contributed by atoms with Gasteiger partial charge in [0.25, 0.3) is 0 Å². The van der Waals surface area contributed by atoms with Gasteiger partial charge in [0.15, 0.2) is 0 Å². The molecular weight excluding hydrogens is 178 g/mol. The van der Waals surface area contributed by atoms with Crippen LogP contribution in [0.5, 0.6) is 0 Å². The van der Waals surface area contributed by atoms with Crippen LogP contribution in [-0.4, -0.2) is 62.5 Å².